The van der Waals surface area contributed by atoms with Gasteiger partial charge in [0.2, 0.25) is 0 Å². The Hall–Kier alpha value is -2.07. The minimum absolute atomic E-state index is 0.132. The van der Waals surface area contributed by atoms with Gasteiger partial charge in [-0.05, 0) is 30.4 Å². The van der Waals surface area contributed by atoms with Gasteiger partial charge in [-0.15, -0.1) is 11.8 Å². The second-order valence-electron chi connectivity index (χ2n) is 5.34. The van der Waals surface area contributed by atoms with Crippen molar-refractivity contribution in [3.63, 3.8) is 0 Å². The first-order chi connectivity index (χ1) is 11.4. The Bertz CT molecular complexity index is 668. The van der Waals surface area contributed by atoms with Crippen LogP contribution in [0.2, 0.25) is 0 Å². The minimum atomic E-state index is -1.50. The number of rotatable bonds is 9. The number of thioether (sulfide) groups is 1. The molecule has 0 saturated carbocycles. The van der Waals surface area contributed by atoms with Crippen LogP contribution in [-0.4, -0.2) is 27.1 Å². The van der Waals surface area contributed by atoms with Crippen LogP contribution < -0.4 is 0 Å². The van der Waals surface area contributed by atoms with Crippen molar-refractivity contribution in [3.8, 4) is 6.07 Å². The average molecular weight is 362 g/mol. The predicted octanol–water partition coefficient (Wildman–Crippen LogP) is 4.56. The molecule has 0 amide bonds. The minimum Gasteiger partial charge on any atom is -0.480 e. The van der Waals surface area contributed by atoms with Crippen LogP contribution in [0.4, 0.5) is 0 Å². The van der Waals surface area contributed by atoms with Crippen molar-refractivity contribution >= 4 is 34.1 Å². The van der Waals surface area contributed by atoms with Crippen molar-refractivity contribution < 1.29 is 9.90 Å². The van der Waals surface area contributed by atoms with E-state index in [1.54, 1.807) is 0 Å². The van der Waals surface area contributed by atoms with Gasteiger partial charge in [-0.1, -0.05) is 54.6 Å². The number of hydrogen-bond acceptors (Lipinski definition) is 5. The van der Waals surface area contributed by atoms with E-state index in [1.807, 2.05) is 43.3 Å². The zero-order chi connectivity index (χ0) is 18.0. The fourth-order valence-corrected chi connectivity index (χ4v) is 3.93. The highest BCUT2D eigenvalue weighted by Gasteiger charge is 2.40. The van der Waals surface area contributed by atoms with E-state index in [2.05, 4.69) is 10.0 Å². The lowest BCUT2D eigenvalue weighted by molar-refractivity contribution is -0.146. The third-order valence-electron chi connectivity index (χ3n) is 3.50. The molecule has 1 rings (SSSR count). The summed E-state index contributed by atoms with van der Waals surface area (Å²) in [5, 5.41) is 22.2. The summed E-state index contributed by atoms with van der Waals surface area (Å²) in [5.74, 6) is -1.15. The molecule has 2 unspecified atom stereocenters. The van der Waals surface area contributed by atoms with Crippen LogP contribution in [-0.2, 0) is 4.79 Å². The van der Waals surface area contributed by atoms with E-state index < -0.39 is 11.4 Å². The number of azide groups is 1. The van der Waals surface area contributed by atoms with Crippen molar-refractivity contribution in [2.45, 2.75) is 31.4 Å². The number of carbonyl (C=O) groups is 1. The summed E-state index contributed by atoms with van der Waals surface area (Å²) >= 11 is 6.78. The molecule has 24 heavy (non-hydrogen) atoms. The van der Waals surface area contributed by atoms with Gasteiger partial charge in [0.15, 0.2) is 5.41 Å². The van der Waals surface area contributed by atoms with Crippen LogP contribution >= 0.6 is 24.0 Å². The highest BCUT2D eigenvalue weighted by molar-refractivity contribution is 8.24. The van der Waals surface area contributed by atoms with E-state index >= 15 is 0 Å². The first-order valence-corrected chi connectivity index (χ1v) is 8.65. The Morgan fingerprint density at radius 3 is 2.75 bits per heavy atom. The molecule has 0 aliphatic carbocycles. The van der Waals surface area contributed by atoms with Crippen LogP contribution in [0, 0.1) is 16.7 Å². The van der Waals surface area contributed by atoms with Crippen LogP contribution in [0.5, 0.6) is 0 Å². The smallest absolute Gasteiger partial charge is 0.324 e. The second-order valence-corrected chi connectivity index (χ2v) is 7.46. The van der Waals surface area contributed by atoms with Gasteiger partial charge in [-0.3, -0.25) is 4.79 Å². The molecule has 0 aliphatic heterocycles. The Morgan fingerprint density at radius 1 is 1.54 bits per heavy atom. The number of carboxylic acids is 1. The number of benzene rings is 1. The van der Waals surface area contributed by atoms with Gasteiger partial charge in [0, 0.05) is 16.7 Å². The van der Waals surface area contributed by atoms with Gasteiger partial charge in [0.1, 0.15) is 0 Å². The number of carboxylic acid groups (broad SMARTS) is 1. The first-order valence-electron chi connectivity index (χ1n) is 7.36. The Balaban J connectivity index is 2.75. The van der Waals surface area contributed by atoms with Gasteiger partial charge in [-0.2, -0.15) is 5.26 Å². The van der Waals surface area contributed by atoms with Gasteiger partial charge >= 0.3 is 5.97 Å². The molecule has 0 heterocycles. The molecule has 0 fully saturated rings. The van der Waals surface area contributed by atoms with Crippen molar-refractivity contribution in [1.29, 1.82) is 5.26 Å². The third-order valence-corrected chi connectivity index (χ3v) is 5.05. The summed E-state index contributed by atoms with van der Waals surface area (Å²) in [6.45, 7) is 2.04. The quantitative estimate of drug-likeness (QED) is 0.228. The van der Waals surface area contributed by atoms with Crippen molar-refractivity contribution in [2.24, 2.45) is 10.5 Å². The van der Waals surface area contributed by atoms with Crippen LogP contribution in [0.25, 0.3) is 10.4 Å². The maximum atomic E-state index is 11.6. The molecule has 0 spiro atoms. The monoisotopic (exact) mass is 362 g/mol. The lowest BCUT2D eigenvalue weighted by Crippen LogP contribution is -2.32. The lowest BCUT2D eigenvalue weighted by Gasteiger charge is -2.25. The van der Waals surface area contributed by atoms with Crippen molar-refractivity contribution in [3.05, 3.63) is 46.3 Å². The van der Waals surface area contributed by atoms with E-state index in [0.717, 1.165) is 5.56 Å². The van der Waals surface area contributed by atoms with Crippen LogP contribution in [0.1, 0.15) is 31.7 Å². The van der Waals surface area contributed by atoms with Crippen molar-refractivity contribution in [1.82, 2.24) is 0 Å². The van der Waals surface area contributed by atoms with E-state index in [-0.39, 0.29) is 24.6 Å². The first kappa shape index (κ1) is 20.0. The molecule has 0 radical (unpaired) electrons. The zero-order valence-corrected chi connectivity index (χ0v) is 14.9. The highest BCUT2D eigenvalue weighted by atomic mass is 32.2. The number of thiocarbonyl (C=S) groups is 1. The fourth-order valence-electron chi connectivity index (χ4n) is 2.30. The van der Waals surface area contributed by atoms with E-state index in [0.29, 0.717) is 10.6 Å². The van der Waals surface area contributed by atoms with Gasteiger partial charge in [-0.25, -0.2) is 0 Å². The van der Waals surface area contributed by atoms with E-state index in [1.165, 1.54) is 11.8 Å². The van der Waals surface area contributed by atoms with Crippen LogP contribution in [0.3, 0.4) is 0 Å². The lowest BCUT2D eigenvalue weighted by atomic mass is 9.80. The highest BCUT2D eigenvalue weighted by Crippen LogP contribution is 2.34. The van der Waals surface area contributed by atoms with Gasteiger partial charge in [0.05, 0.1) is 10.3 Å². The van der Waals surface area contributed by atoms with Crippen molar-refractivity contribution in [2.75, 3.05) is 6.54 Å². The van der Waals surface area contributed by atoms with E-state index in [4.69, 9.17) is 17.7 Å². The molecule has 1 aromatic rings. The van der Waals surface area contributed by atoms with Gasteiger partial charge in [0.25, 0.3) is 0 Å². The average Bonchev–Trinajstić information content (AvgIpc) is 2.58. The molecule has 126 valence electrons. The van der Waals surface area contributed by atoms with Crippen LogP contribution in [0.15, 0.2) is 35.4 Å². The Morgan fingerprint density at radius 2 is 2.21 bits per heavy atom. The topological polar surface area (TPSA) is 110 Å². The number of aliphatic carboxylic acids is 1. The molecule has 8 heteroatoms. The molecule has 0 saturated heterocycles. The zero-order valence-electron chi connectivity index (χ0n) is 13.3. The SMILES string of the molecule is CC(CC(C#N)(CCCN=[N+]=[N-])C(=O)O)SC(=S)c1ccccc1. The summed E-state index contributed by atoms with van der Waals surface area (Å²) in [7, 11) is 0. The maximum absolute atomic E-state index is 11.6. The molecule has 2 atom stereocenters. The number of nitriles is 1. The third kappa shape index (κ3) is 5.85. The number of hydrogen-bond donors (Lipinski definition) is 1. The summed E-state index contributed by atoms with van der Waals surface area (Å²) in [4.78, 5) is 14.3. The summed E-state index contributed by atoms with van der Waals surface area (Å²) in [6, 6.07) is 11.4. The molecular formula is C16H18N4O2S2. The largest absolute Gasteiger partial charge is 0.480 e. The molecular weight excluding hydrogens is 344 g/mol. The maximum Gasteiger partial charge on any atom is 0.324 e. The number of nitrogens with zero attached hydrogens (tertiary/aromatic N) is 4. The van der Waals surface area contributed by atoms with E-state index in [9.17, 15) is 15.2 Å². The predicted molar refractivity (Wildman–Crippen MR) is 98.7 cm³/mol. The molecule has 0 bridgehead atoms. The second kappa shape index (κ2) is 9.93. The molecule has 0 aliphatic rings. The van der Waals surface area contributed by atoms with Gasteiger partial charge < -0.3 is 5.11 Å². The molecule has 0 aromatic heterocycles. The molecule has 6 nitrogen and oxygen atoms in total. The molecule has 1 N–H and O–H groups in total. The Kier molecular flexibility index (Phi) is 8.27. The summed E-state index contributed by atoms with van der Waals surface area (Å²) < 4.78 is 0.675. The normalized spacial score (nSPS) is 13.8. The standard InChI is InChI=1S/C16H18N4O2S2/c1-12(24-14(23)13-6-3-2-4-7-13)10-16(11-17,15(21)22)8-5-9-19-20-18/h2-4,6-7,12H,5,8-10H2,1H3,(H,21,22). The summed E-state index contributed by atoms with van der Waals surface area (Å²) in [6.07, 6.45) is 0.665. The Labute approximate surface area is 150 Å². The summed E-state index contributed by atoms with van der Waals surface area (Å²) in [5.41, 5.74) is 7.69. The molecule has 1 aromatic carbocycles. The fraction of sp³-hybridized carbons (Fsp3) is 0.438.